The number of halogens is 1. The summed E-state index contributed by atoms with van der Waals surface area (Å²) in [5.74, 6) is 0.281. The number of hydrogen-bond donors (Lipinski definition) is 2. The van der Waals surface area contributed by atoms with Gasteiger partial charge in [-0.2, -0.15) is 0 Å². The van der Waals surface area contributed by atoms with E-state index in [1.165, 1.54) is 0 Å². The molecule has 7 nitrogen and oxygen atoms in total. The Morgan fingerprint density at radius 2 is 1.65 bits per heavy atom. The zero-order valence-corrected chi connectivity index (χ0v) is 14.9. The van der Waals surface area contributed by atoms with Crippen molar-refractivity contribution in [3.8, 4) is 11.5 Å². The van der Waals surface area contributed by atoms with Crippen molar-refractivity contribution < 1.29 is 27.1 Å². The molecule has 0 saturated carbocycles. The van der Waals surface area contributed by atoms with Crippen LogP contribution in [0.25, 0.3) is 0 Å². The van der Waals surface area contributed by atoms with Crippen molar-refractivity contribution in [2.75, 3.05) is 26.8 Å². The molecule has 140 valence electrons. The largest absolute Gasteiger partial charge is 0.497 e. The Bertz CT molecular complexity index is 823. The van der Waals surface area contributed by atoms with Gasteiger partial charge < -0.3 is 14.8 Å². The number of ether oxygens (including phenoxy) is 2. The fourth-order valence-electron chi connectivity index (χ4n) is 1.95. The number of carbonyl (C=O) groups is 1. The number of amides is 1. The number of rotatable bonds is 9. The number of hydrogen-bond acceptors (Lipinski definition) is 5. The Labute approximate surface area is 151 Å². The first-order valence-corrected chi connectivity index (χ1v) is 9.18. The molecule has 0 aromatic heterocycles. The third-order valence-electron chi connectivity index (χ3n) is 3.30. The molecule has 0 radical (unpaired) electrons. The van der Waals surface area contributed by atoms with Gasteiger partial charge in [-0.05, 0) is 48.5 Å². The van der Waals surface area contributed by atoms with Crippen molar-refractivity contribution in [2.45, 2.75) is 4.90 Å². The second-order valence-corrected chi connectivity index (χ2v) is 6.92. The Morgan fingerprint density at radius 3 is 2.27 bits per heavy atom. The van der Waals surface area contributed by atoms with Crippen LogP contribution in [0, 0.1) is 5.82 Å². The first-order valence-electron chi connectivity index (χ1n) is 7.69. The van der Waals surface area contributed by atoms with Gasteiger partial charge >= 0.3 is 0 Å². The van der Waals surface area contributed by atoms with Gasteiger partial charge in [0.05, 0.1) is 25.1 Å². The van der Waals surface area contributed by atoms with Gasteiger partial charge in [-0.3, -0.25) is 4.79 Å². The summed E-state index contributed by atoms with van der Waals surface area (Å²) in [6.07, 6.45) is 0. The molecule has 0 fully saturated rings. The molecule has 0 aliphatic carbocycles. The van der Waals surface area contributed by atoms with Crippen molar-refractivity contribution in [1.82, 2.24) is 10.0 Å². The van der Waals surface area contributed by atoms with Gasteiger partial charge in [0.25, 0.3) is 0 Å². The lowest BCUT2D eigenvalue weighted by Crippen LogP contribution is -2.38. The van der Waals surface area contributed by atoms with Crippen LogP contribution in [-0.4, -0.2) is 41.1 Å². The molecular formula is C17H19FN2O5S. The Balaban J connectivity index is 1.70. The standard InChI is InChI=1S/C17H19FN2O5S/c1-24-14-4-6-15(7-5-14)25-11-10-19-17(21)12-20-26(22,23)16-8-2-13(18)3-9-16/h2-9,20H,10-12H2,1H3,(H,19,21). The second-order valence-electron chi connectivity index (χ2n) is 5.15. The van der Waals surface area contributed by atoms with E-state index in [-0.39, 0.29) is 18.0 Å². The molecule has 0 bridgehead atoms. The zero-order chi connectivity index (χ0) is 19.0. The molecule has 2 rings (SSSR count). The van der Waals surface area contributed by atoms with E-state index in [4.69, 9.17) is 9.47 Å². The molecule has 1 amide bonds. The molecule has 9 heteroatoms. The minimum Gasteiger partial charge on any atom is -0.497 e. The summed E-state index contributed by atoms with van der Waals surface area (Å²) in [7, 11) is -2.31. The number of benzene rings is 2. The lowest BCUT2D eigenvalue weighted by Gasteiger charge is -2.09. The second kappa shape index (κ2) is 9.16. The van der Waals surface area contributed by atoms with Gasteiger partial charge in [0, 0.05) is 0 Å². The Hall–Kier alpha value is -2.65. The number of methoxy groups -OCH3 is 1. The van der Waals surface area contributed by atoms with Gasteiger partial charge in [-0.15, -0.1) is 0 Å². The van der Waals surface area contributed by atoms with Crippen LogP contribution in [0.15, 0.2) is 53.4 Å². The average Bonchev–Trinajstić information content (AvgIpc) is 2.64. The van der Waals surface area contributed by atoms with Crippen LogP contribution in [0.3, 0.4) is 0 Å². The molecule has 0 heterocycles. The fraction of sp³-hybridized carbons (Fsp3) is 0.235. The topological polar surface area (TPSA) is 93.7 Å². The number of sulfonamides is 1. The smallest absolute Gasteiger partial charge is 0.241 e. The van der Waals surface area contributed by atoms with Crippen molar-refractivity contribution in [3.63, 3.8) is 0 Å². The lowest BCUT2D eigenvalue weighted by atomic mass is 10.3. The molecule has 0 aliphatic rings. The predicted molar refractivity (Wildman–Crippen MR) is 93.1 cm³/mol. The molecule has 0 atom stereocenters. The fourth-order valence-corrected chi connectivity index (χ4v) is 2.93. The minimum absolute atomic E-state index is 0.116. The van der Waals surface area contributed by atoms with E-state index in [2.05, 4.69) is 10.0 Å². The zero-order valence-electron chi connectivity index (χ0n) is 14.1. The third-order valence-corrected chi connectivity index (χ3v) is 4.72. The highest BCUT2D eigenvalue weighted by Crippen LogP contribution is 2.16. The van der Waals surface area contributed by atoms with Crippen molar-refractivity contribution in [3.05, 3.63) is 54.3 Å². The molecule has 2 aromatic carbocycles. The van der Waals surface area contributed by atoms with Crippen LogP contribution in [0.2, 0.25) is 0 Å². The van der Waals surface area contributed by atoms with Gasteiger partial charge in [-0.1, -0.05) is 0 Å². The number of carbonyl (C=O) groups excluding carboxylic acids is 1. The molecular weight excluding hydrogens is 363 g/mol. The maximum atomic E-state index is 12.8. The van der Waals surface area contributed by atoms with E-state index in [0.29, 0.717) is 11.5 Å². The van der Waals surface area contributed by atoms with E-state index in [9.17, 15) is 17.6 Å². The summed E-state index contributed by atoms with van der Waals surface area (Å²) >= 11 is 0. The van der Waals surface area contributed by atoms with E-state index >= 15 is 0 Å². The average molecular weight is 382 g/mol. The first kappa shape index (κ1) is 19.7. The molecule has 0 aliphatic heterocycles. The lowest BCUT2D eigenvalue weighted by molar-refractivity contribution is -0.120. The highest BCUT2D eigenvalue weighted by molar-refractivity contribution is 7.89. The van der Waals surface area contributed by atoms with E-state index in [1.807, 2.05) is 0 Å². The van der Waals surface area contributed by atoms with Gasteiger partial charge in [-0.25, -0.2) is 17.5 Å². The molecule has 0 saturated heterocycles. The third kappa shape index (κ3) is 6.01. The summed E-state index contributed by atoms with van der Waals surface area (Å²) in [6, 6.07) is 11.3. The molecule has 2 aromatic rings. The Kier molecular flexibility index (Phi) is 6.93. The summed E-state index contributed by atoms with van der Waals surface area (Å²) in [5.41, 5.74) is 0. The van der Waals surface area contributed by atoms with Crippen LogP contribution < -0.4 is 19.5 Å². The highest BCUT2D eigenvalue weighted by atomic mass is 32.2. The normalized spacial score (nSPS) is 11.0. The van der Waals surface area contributed by atoms with Crippen LogP contribution in [0.5, 0.6) is 11.5 Å². The van der Waals surface area contributed by atoms with Crippen molar-refractivity contribution >= 4 is 15.9 Å². The monoisotopic (exact) mass is 382 g/mol. The summed E-state index contributed by atoms with van der Waals surface area (Å²) in [4.78, 5) is 11.6. The molecule has 0 unspecified atom stereocenters. The number of nitrogens with one attached hydrogen (secondary N) is 2. The molecule has 26 heavy (non-hydrogen) atoms. The first-order chi connectivity index (χ1) is 12.4. The Morgan fingerprint density at radius 1 is 1.04 bits per heavy atom. The summed E-state index contributed by atoms with van der Waals surface area (Å²) in [5, 5.41) is 2.53. The van der Waals surface area contributed by atoms with Crippen molar-refractivity contribution in [1.29, 1.82) is 0 Å². The van der Waals surface area contributed by atoms with E-state index < -0.39 is 28.3 Å². The van der Waals surface area contributed by atoms with E-state index in [1.54, 1.807) is 31.4 Å². The predicted octanol–water partition coefficient (Wildman–Crippen LogP) is 1.31. The summed E-state index contributed by atoms with van der Waals surface area (Å²) < 4.78 is 49.4. The van der Waals surface area contributed by atoms with Crippen LogP contribution in [-0.2, 0) is 14.8 Å². The highest BCUT2D eigenvalue weighted by Gasteiger charge is 2.15. The maximum absolute atomic E-state index is 12.8. The molecule has 0 spiro atoms. The van der Waals surface area contributed by atoms with E-state index in [0.717, 1.165) is 24.3 Å². The van der Waals surface area contributed by atoms with Crippen molar-refractivity contribution in [2.24, 2.45) is 0 Å². The van der Waals surface area contributed by atoms with Crippen LogP contribution in [0.4, 0.5) is 4.39 Å². The SMILES string of the molecule is COc1ccc(OCCNC(=O)CNS(=O)(=O)c2ccc(F)cc2)cc1. The quantitative estimate of drug-likeness (QED) is 0.638. The minimum atomic E-state index is -3.87. The maximum Gasteiger partial charge on any atom is 0.241 e. The molecule has 2 N–H and O–H groups in total. The van der Waals surface area contributed by atoms with Crippen LogP contribution >= 0.6 is 0 Å². The van der Waals surface area contributed by atoms with Gasteiger partial charge in [0.2, 0.25) is 15.9 Å². The van der Waals surface area contributed by atoms with Gasteiger partial charge in [0.1, 0.15) is 23.9 Å². The van der Waals surface area contributed by atoms with Gasteiger partial charge in [0.15, 0.2) is 0 Å². The summed E-state index contributed by atoms with van der Waals surface area (Å²) in [6.45, 7) is 0.00810. The van der Waals surface area contributed by atoms with Crippen LogP contribution in [0.1, 0.15) is 0 Å².